The summed E-state index contributed by atoms with van der Waals surface area (Å²) in [6, 6.07) is 5.72. The Hall–Kier alpha value is -1.92. The van der Waals surface area contributed by atoms with Gasteiger partial charge in [-0.15, -0.1) is 11.8 Å². The van der Waals surface area contributed by atoms with Gasteiger partial charge < -0.3 is 15.4 Å². The van der Waals surface area contributed by atoms with Crippen LogP contribution in [0, 0.1) is 0 Å². The number of halogens is 1. The Morgan fingerprint density at radius 2 is 2.24 bits per heavy atom. The molecule has 7 heteroatoms. The average Bonchev–Trinajstić information content (AvgIpc) is 2.52. The molecule has 1 aromatic heterocycles. The number of carbonyl (C=O) groups excluding carboxylic acids is 1. The van der Waals surface area contributed by atoms with Crippen LogP contribution in [0.3, 0.4) is 0 Å². The van der Waals surface area contributed by atoms with Gasteiger partial charge in [-0.2, -0.15) is 0 Å². The number of rotatable bonds is 2. The highest BCUT2D eigenvalue weighted by molar-refractivity contribution is 7.98. The zero-order valence-electron chi connectivity index (χ0n) is 11.4. The van der Waals surface area contributed by atoms with Crippen LogP contribution in [0.1, 0.15) is 10.4 Å². The first-order chi connectivity index (χ1) is 10.2. The van der Waals surface area contributed by atoms with Crippen LogP contribution in [0.2, 0.25) is 5.15 Å². The fourth-order valence-corrected chi connectivity index (χ4v) is 2.87. The molecule has 2 aromatic rings. The molecule has 2 heterocycles. The third-order valence-electron chi connectivity index (χ3n) is 3.13. The summed E-state index contributed by atoms with van der Waals surface area (Å²) < 4.78 is 5.84. The van der Waals surface area contributed by atoms with Crippen molar-refractivity contribution in [3.8, 4) is 11.5 Å². The minimum atomic E-state index is -0.253. The summed E-state index contributed by atoms with van der Waals surface area (Å²) in [6.45, 7) is 0. The van der Waals surface area contributed by atoms with Crippen molar-refractivity contribution in [2.24, 2.45) is 0 Å². The zero-order chi connectivity index (χ0) is 15.0. The minimum absolute atomic E-state index is 0.213. The van der Waals surface area contributed by atoms with Crippen molar-refractivity contribution in [2.45, 2.75) is 4.90 Å². The topological polar surface area (TPSA) is 63.2 Å². The number of hydrogen-bond donors (Lipinski definition) is 2. The molecule has 0 unspecified atom stereocenters. The maximum absolute atomic E-state index is 12.0. The predicted molar refractivity (Wildman–Crippen MR) is 84.2 cm³/mol. The van der Waals surface area contributed by atoms with Gasteiger partial charge in [0.15, 0.2) is 16.7 Å². The number of nitrogens with zero attached hydrogens (tertiary/aromatic N) is 1. The molecule has 1 aliphatic rings. The van der Waals surface area contributed by atoms with Crippen LogP contribution in [-0.2, 0) is 0 Å². The van der Waals surface area contributed by atoms with E-state index in [1.54, 1.807) is 18.8 Å². The first-order valence-corrected chi connectivity index (χ1v) is 7.78. The predicted octanol–water partition coefficient (Wildman–Crippen LogP) is 3.67. The van der Waals surface area contributed by atoms with Gasteiger partial charge in [-0.05, 0) is 18.4 Å². The van der Waals surface area contributed by atoms with Gasteiger partial charge in [0, 0.05) is 18.1 Å². The van der Waals surface area contributed by atoms with E-state index >= 15 is 0 Å². The highest BCUT2D eigenvalue weighted by atomic mass is 35.5. The van der Waals surface area contributed by atoms with Gasteiger partial charge in [0.05, 0.1) is 16.9 Å². The van der Waals surface area contributed by atoms with Crippen LogP contribution in [0.25, 0.3) is 0 Å². The van der Waals surface area contributed by atoms with Crippen molar-refractivity contribution in [3.05, 3.63) is 35.1 Å². The summed E-state index contributed by atoms with van der Waals surface area (Å²) in [4.78, 5) is 17.0. The zero-order valence-corrected chi connectivity index (χ0v) is 12.9. The number of amides is 1. The molecule has 3 rings (SSSR count). The van der Waals surface area contributed by atoms with Crippen LogP contribution >= 0.6 is 23.4 Å². The summed E-state index contributed by atoms with van der Waals surface area (Å²) in [5, 5.41) is 6.05. The molecule has 0 radical (unpaired) electrons. The second-order valence-electron chi connectivity index (χ2n) is 4.31. The van der Waals surface area contributed by atoms with Crippen LogP contribution in [0.4, 0.5) is 11.4 Å². The highest BCUT2D eigenvalue weighted by Gasteiger charge is 2.26. The molecule has 21 heavy (non-hydrogen) atoms. The normalized spacial score (nSPS) is 11.8. The number of aromatic nitrogens is 1. The molecule has 0 atom stereocenters. The van der Waals surface area contributed by atoms with Crippen molar-refractivity contribution in [2.75, 3.05) is 18.6 Å². The Labute approximate surface area is 131 Å². The molecule has 1 amide bonds. The standard InChI is InChI=1S/C14H12ClN3O2S/c1-16-14(19)7-6-17-13(15)12-10(7)18-11-8(20-12)4-3-5-9(11)21-2/h3-6,18H,1-2H3,(H,16,19). The second kappa shape index (κ2) is 5.46. The van der Waals surface area contributed by atoms with Crippen molar-refractivity contribution in [1.82, 2.24) is 10.3 Å². The molecule has 0 saturated carbocycles. The first kappa shape index (κ1) is 14.0. The summed E-state index contributed by atoms with van der Waals surface area (Å²) in [7, 11) is 1.56. The second-order valence-corrected chi connectivity index (χ2v) is 5.51. The van der Waals surface area contributed by atoms with Crippen LogP contribution < -0.4 is 15.4 Å². The number of nitrogens with one attached hydrogen (secondary N) is 2. The molecule has 5 nitrogen and oxygen atoms in total. The molecule has 0 fully saturated rings. The van der Waals surface area contributed by atoms with Crippen LogP contribution in [0.15, 0.2) is 29.3 Å². The van der Waals surface area contributed by atoms with Gasteiger partial charge in [-0.25, -0.2) is 4.98 Å². The van der Waals surface area contributed by atoms with Crippen molar-refractivity contribution in [3.63, 3.8) is 0 Å². The third kappa shape index (κ3) is 2.30. The van der Waals surface area contributed by atoms with Crippen LogP contribution in [0.5, 0.6) is 11.5 Å². The molecule has 1 aliphatic heterocycles. The molecule has 0 aliphatic carbocycles. The van der Waals surface area contributed by atoms with Gasteiger partial charge in [0.1, 0.15) is 0 Å². The number of para-hydroxylation sites is 1. The number of hydrogen-bond acceptors (Lipinski definition) is 5. The quantitative estimate of drug-likeness (QED) is 0.557. The lowest BCUT2D eigenvalue weighted by molar-refractivity contribution is 0.0963. The Morgan fingerprint density at radius 3 is 2.95 bits per heavy atom. The molecule has 108 valence electrons. The Bertz CT molecular complexity index is 736. The fraction of sp³-hybridized carbons (Fsp3) is 0.143. The Kier molecular flexibility index (Phi) is 3.65. The van der Waals surface area contributed by atoms with Gasteiger partial charge in [0.2, 0.25) is 0 Å². The van der Waals surface area contributed by atoms with Crippen LogP contribution in [-0.4, -0.2) is 24.2 Å². The average molecular weight is 322 g/mol. The maximum atomic E-state index is 12.0. The molecule has 0 spiro atoms. The van der Waals surface area contributed by atoms with Gasteiger partial charge in [-0.3, -0.25) is 4.79 Å². The number of fused-ring (bicyclic) bond motifs is 2. The number of carbonyl (C=O) groups is 1. The Balaban J connectivity index is 2.17. The largest absolute Gasteiger partial charge is 0.450 e. The monoisotopic (exact) mass is 321 g/mol. The van der Waals surface area contributed by atoms with Gasteiger partial charge in [-0.1, -0.05) is 17.7 Å². The van der Waals surface area contributed by atoms with E-state index in [1.165, 1.54) is 6.20 Å². The molecule has 1 aromatic carbocycles. The van der Waals surface area contributed by atoms with E-state index in [4.69, 9.17) is 16.3 Å². The lowest BCUT2D eigenvalue weighted by Crippen LogP contribution is -2.21. The fourth-order valence-electron chi connectivity index (χ4n) is 2.12. The lowest BCUT2D eigenvalue weighted by atomic mass is 10.1. The summed E-state index contributed by atoms with van der Waals surface area (Å²) in [5.41, 5.74) is 1.74. The molecule has 0 bridgehead atoms. The number of thioether (sulfide) groups is 1. The Morgan fingerprint density at radius 1 is 1.43 bits per heavy atom. The minimum Gasteiger partial charge on any atom is -0.450 e. The summed E-state index contributed by atoms with van der Waals surface area (Å²) in [5.74, 6) is 0.771. The van der Waals surface area contributed by atoms with Gasteiger partial charge >= 0.3 is 0 Å². The lowest BCUT2D eigenvalue weighted by Gasteiger charge is -2.25. The molecule has 2 N–H and O–H groups in total. The van der Waals surface area contributed by atoms with E-state index in [0.717, 1.165) is 10.6 Å². The SMILES string of the molecule is CNC(=O)c1cnc(Cl)c2c1Nc1c(cccc1SC)O2. The van der Waals surface area contributed by atoms with Gasteiger partial charge in [0.25, 0.3) is 5.91 Å². The third-order valence-corrected chi connectivity index (χ3v) is 4.18. The van der Waals surface area contributed by atoms with Crippen molar-refractivity contribution in [1.29, 1.82) is 0 Å². The van der Waals surface area contributed by atoms with E-state index in [-0.39, 0.29) is 11.1 Å². The van der Waals surface area contributed by atoms with E-state index in [9.17, 15) is 4.79 Å². The number of anilines is 2. The molecular formula is C14H12ClN3O2S. The highest BCUT2D eigenvalue weighted by Crippen LogP contribution is 2.49. The van der Waals surface area contributed by atoms with E-state index in [2.05, 4.69) is 15.6 Å². The van der Waals surface area contributed by atoms with E-state index in [0.29, 0.717) is 22.7 Å². The van der Waals surface area contributed by atoms with E-state index in [1.807, 2.05) is 24.5 Å². The first-order valence-electron chi connectivity index (χ1n) is 6.18. The number of pyridine rings is 1. The smallest absolute Gasteiger partial charge is 0.254 e. The molecule has 0 saturated heterocycles. The maximum Gasteiger partial charge on any atom is 0.254 e. The van der Waals surface area contributed by atoms with E-state index < -0.39 is 0 Å². The number of benzene rings is 1. The van der Waals surface area contributed by atoms with Crippen molar-refractivity contribution >= 4 is 40.6 Å². The summed E-state index contributed by atoms with van der Waals surface area (Å²) in [6.07, 6.45) is 3.41. The van der Waals surface area contributed by atoms with Crippen molar-refractivity contribution < 1.29 is 9.53 Å². The molecular weight excluding hydrogens is 310 g/mol. The number of ether oxygens (including phenoxy) is 1. The summed E-state index contributed by atoms with van der Waals surface area (Å²) >= 11 is 7.68.